The molecule has 0 aromatic heterocycles. The summed E-state index contributed by atoms with van der Waals surface area (Å²) in [4.78, 5) is 12.5. The van der Waals surface area contributed by atoms with E-state index in [1.165, 1.54) is 0 Å². The molecule has 1 aromatic carbocycles. The van der Waals surface area contributed by atoms with Crippen molar-refractivity contribution < 1.29 is 24.2 Å². The van der Waals surface area contributed by atoms with Crippen LogP contribution < -0.4 is 0 Å². The van der Waals surface area contributed by atoms with Gasteiger partial charge in [0.15, 0.2) is 0 Å². The number of benzene rings is 1. The Balaban J connectivity index is 1.67. The quantitative estimate of drug-likeness (QED) is 0.643. The van der Waals surface area contributed by atoms with Crippen molar-refractivity contribution in [2.45, 2.75) is 49.5 Å². The third-order valence-corrected chi connectivity index (χ3v) is 5.74. The highest BCUT2D eigenvalue weighted by Crippen LogP contribution is 2.41. The fourth-order valence-corrected chi connectivity index (χ4v) is 4.23. The monoisotopic (exact) mass is 320 g/mol. The first kappa shape index (κ1) is 16.4. The van der Waals surface area contributed by atoms with Gasteiger partial charge in [-0.2, -0.15) is 0 Å². The van der Waals surface area contributed by atoms with Crippen molar-refractivity contribution in [2.75, 3.05) is 20.7 Å². The smallest absolute Gasteiger partial charge is 0.316 e. The van der Waals surface area contributed by atoms with Crippen molar-refractivity contribution in [1.82, 2.24) is 0 Å². The highest BCUT2D eigenvalue weighted by atomic mass is 16.5. The lowest BCUT2D eigenvalue weighted by atomic mass is 9.96. The normalized spacial score (nSPS) is 33.2. The summed E-state index contributed by atoms with van der Waals surface area (Å²) in [6.07, 6.45) is 1.75. The molecule has 0 amide bonds. The van der Waals surface area contributed by atoms with Gasteiger partial charge in [-0.1, -0.05) is 30.3 Å². The van der Waals surface area contributed by atoms with E-state index in [2.05, 4.69) is 14.1 Å². The van der Waals surface area contributed by atoms with Gasteiger partial charge in [0.25, 0.3) is 0 Å². The van der Waals surface area contributed by atoms with Crippen LogP contribution in [0.2, 0.25) is 0 Å². The Bertz CT molecular complexity index is 559. The third kappa shape index (κ3) is 3.01. The van der Waals surface area contributed by atoms with Crippen LogP contribution >= 0.6 is 0 Å². The number of fused-ring (bicyclic) bond motifs is 2. The molecule has 126 valence electrons. The van der Waals surface area contributed by atoms with Crippen LogP contribution in [0.4, 0.5) is 0 Å². The van der Waals surface area contributed by atoms with Crippen molar-refractivity contribution in [3.8, 4) is 0 Å². The molecule has 2 heterocycles. The maximum absolute atomic E-state index is 12.5. The van der Waals surface area contributed by atoms with E-state index in [0.29, 0.717) is 12.5 Å². The topological polar surface area (TPSA) is 66.8 Å². The molecule has 2 saturated heterocycles. The standard InChI is InChI=1S/C18H26NO4/c1-19(2)13-8-14(10-16(19)17(21)9-13)23-18(22)15(11-20)12-6-4-3-5-7-12/h3-7,13-17,20-21H,8-11H2,1-2H3/q+1/t13-,14-,15-,16-,17-/m0/s1. The predicted octanol–water partition coefficient (Wildman–Crippen LogP) is 1.05. The van der Waals surface area contributed by atoms with Crippen molar-refractivity contribution in [2.24, 2.45) is 0 Å². The van der Waals surface area contributed by atoms with E-state index in [1.807, 2.05) is 30.3 Å². The number of nitrogens with zero attached hydrogens (tertiary/aromatic N) is 1. The molecule has 2 bridgehead atoms. The largest absolute Gasteiger partial charge is 0.461 e. The summed E-state index contributed by atoms with van der Waals surface area (Å²) in [7, 11) is 4.29. The second-order valence-corrected chi connectivity index (χ2v) is 7.33. The number of rotatable bonds is 4. The number of aliphatic hydroxyl groups is 2. The third-order valence-electron chi connectivity index (χ3n) is 5.74. The second-order valence-electron chi connectivity index (χ2n) is 7.33. The lowest BCUT2D eigenvalue weighted by Crippen LogP contribution is -2.57. The molecular formula is C18H26NO4+. The summed E-state index contributed by atoms with van der Waals surface area (Å²) < 4.78 is 6.50. The molecule has 0 unspecified atom stereocenters. The molecule has 2 fully saturated rings. The molecule has 2 N–H and O–H groups in total. The molecule has 0 radical (unpaired) electrons. The molecule has 5 heteroatoms. The summed E-state index contributed by atoms with van der Waals surface area (Å²) >= 11 is 0. The molecule has 2 aliphatic rings. The van der Waals surface area contributed by atoms with E-state index in [4.69, 9.17) is 4.74 Å². The van der Waals surface area contributed by atoms with Gasteiger partial charge in [-0.15, -0.1) is 0 Å². The number of carbonyl (C=O) groups is 1. The Labute approximate surface area is 137 Å². The number of quaternary nitrogens is 1. The van der Waals surface area contributed by atoms with Gasteiger partial charge in [-0.05, 0) is 5.56 Å². The van der Waals surface area contributed by atoms with Crippen LogP contribution in [-0.2, 0) is 9.53 Å². The van der Waals surface area contributed by atoms with Crippen molar-refractivity contribution in [1.29, 1.82) is 0 Å². The molecule has 3 rings (SSSR count). The number of aliphatic hydroxyl groups excluding tert-OH is 2. The predicted molar refractivity (Wildman–Crippen MR) is 85.7 cm³/mol. The number of ether oxygens (including phenoxy) is 1. The number of esters is 1. The summed E-state index contributed by atoms with van der Waals surface area (Å²) in [5.41, 5.74) is 0.773. The lowest BCUT2D eigenvalue weighted by molar-refractivity contribution is -0.932. The van der Waals surface area contributed by atoms with E-state index in [1.54, 1.807) is 0 Å². The Morgan fingerprint density at radius 2 is 1.96 bits per heavy atom. The summed E-state index contributed by atoms with van der Waals surface area (Å²) in [5, 5.41) is 19.8. The van der Waals surface area contributed by atoms with Gasteiger partial charge < -0.3 is 19.4 Å². The fourth-order valence-electron chi connectivity index (χ4n) is 4.23. The van der Waals surface area contributed by atoms with Gasteiger partial charge in [-0.25, -0.2) is 0 Å². The molecule has 0 spiro atoms. The molecule has 0 saturated carbocycles. The van der Waals surface area contributed by atoms with Crippen LogP contribution in [0.25, 0.3) is 0 Å². The van der Waals surface area contributed by atoms with Crippen molar-refractivity contribution >= 4 is 5.97 Å². The molecule has 5 atom stereocenters. The first-order valence-electron chi connectivity index (χ1n) is 8.31. The molecule has 1 aromatic rings. The lowest BCUT2D eigenvalue weighted by Gasteiger charge is -2.44. The van der Waals surface area contributed by atoms with Gasteiger partial charge in [0.05, 0.1) is 26.7 Å². The van der Waals surface area contributed by atoms with E-state index >= 15 is 0 Å². The Kier molecular flexibility index (Phi) is 4.45. The SMILES string of the molecule is C[N+]1(C)[C@H]2C[C@H](OC(=O)[C@@H](CO)c3ccccc3)C[C@H]1[C@@H](O)C2. The number of piperidine rings is 1. The zero-order valence-corrected chi connectivity index (χ0v) is 13.8. The van der Waals surface area contributed by atoms with E-state index in [-0.39, 0.29) is 30.8 Å². The Morgan fingerprint density at radius 1 is 1.26 bits per heavy atom. The Morgan fingerprint density at radius 3 is 2.57 bits per heavy atom. The fraction of sp³-hybridized carbons (Fsp3) is 0.611. The minimum absolute atomic E-state index is 0.121. The molecule has 2 aliphatic heterocycles. The molecule has 23 heavy (non-hydrogen) atoms. The van der Waals surface area contributed by atoms with E-state index < -0.39 is 5.92 Å². The number of hydrogen-bond donors (Lipinski definition) is 2. The average molecular weight is 320 g/mol. The van der Waals surface area contributed by atoms with Gasteiger partial charge in [0.2, 0.25) is 0 Å². The average Bonchev–Trinajstić information content (AvgIpc) is 2.65. The first-order valence-corrected chi connectivity index (χ1v) is 8.31. The van der Waals surface area contributed by atoms with Crippen molar-refractivity contribution in [3.05, 3.63) is 35.9 Å². The van der Waals surface area contributed by atoms with Crippen molar-refractivity contribution in [3.63, 3.8) is 0 Å². The van der Waals surface area contributed by atoms with Gasteiger partial charge in [0, 0.05) is 19.3 Å². The van der Waals surface area contributed by atoms with Gasteiger partial charge in [0.1, 0.15) is 24.2 Å². The number of hydrogen-bond acceptors (Lipinski definition) is 4. The second kappa shape index (κ2) is 6.23. The minimum Gasteiger partial charge on any atom is -0.461 e. The molecule has 5 nitrogen and oxygen atoms in total. The summed E-state index contributed by atoms with van der Waals surface area (Å²) in [6.45, 7) is -0.257. The summed E-state index contributed by atoms with van der Waals surface area (Å²) in [5.74, 6) is -1.01. The highest BCUT2D eigenvalue weighted by Gasteiger charge is 2.55. The van der Waals surface area contributed by atoms with Gasteiger partial charge in [-0.3, -0.25) is 4.79 Å². The van der Waals surface area contributed by atoms with Crippen LogP contribution in [0.3, 0.4) is 0 Å². The summed E-state index contributed by atoms with van der Waals surface area (Å²) in [6, 6.07) is 9.68. The molecular weight excluding hydrogens is 294 g/mol. The van der Waals surface area contributed by atoms with Crippen LogP contribution in [0.1, 0.15) is 30.7 Å². The van der Waals surface area contributed by atoms with Crippen LogP contribution in [0.5, 0.6) is 0 Å². The Hall–Kier alpha value is -1.43. The van der Waals surface area contributed by atoms with Crippen LogP contribution in [0, 0.1) is 0 Å². The van der Waals surface area contributed by atoms with Gasteiger partial charge >= 0.3 is 5.97 Å². The van der Waals surface area contributed by atoms with Crippen LogP contribution in [-0.4, -0.2) is 65.7 Å². The maximum Gasteiger partial charge on any atom is 0.316 e. The number of carbonyl (C=O) groups excluding carboxylic acids is 1. The van der Waals surface area contributed by atoms with Crippen LogP contribution in [0.15, 0.2) is 30.3 Å². The zero-order valence-electron chi connectivity index (χ0n) is 13.8. The molecule has 0 aliphatic carbocycles. The number of likely N-dealkylation sites (N-methyl/N-ethyl adjacent to an activating group) is 1. The van der Waals surface area contributed by atoms with E-state index in [0.717, 1.165) is 22.9 Å². The highest BCUT2D eigenvalue weighted by molar-refractivity contribution is 5.78. The first-order chi connectivity index (χ1) is 10.9. The minimum atomic E-state index is -0.636. The zero-order chi connectivity index (χ0) is 16.6. The van der Waals surface area contributed by atoms with E-state index in [9.17, 15) is 15.0 Å². The maximum atomic E-state index is 12.5.